The smallest absolute Gasteiger partial charge is 0.411 e. The summed E-state index contributed by atoms with van der Waals surface area (Å²) in [5.41, 5.74) is 2.07. The van der Waals surface area contributed by atoms with Gasteiger partial charge in [-0.05, 0) is 43.9 Å². The van der Waals surface area contributed by atoms with E-state index >= 15 is 0 Å². The Morgan fingerprint density at radius 2 is 1.67 bits per heavy atom. The van der Waals surface area contributed by atoms with Crippen LogP contribution < -0.4 is 5.32 Å². The zero-order valence-corrected chi connectivity index (χ0v) is 12.3. The monoisotopic (exact) mass is 283 g/mol. The highest BCUT2D eigenvalue weighted by molar-refractivity contribution is 5.84. The lowest BCUT2D eigenvalue weighted by Crippen LogP contribution is -2.20. The molecule has 0 aliphatic rings. The maximum atomic E-state index is 11.7. The predicted octanol–water partition coefficient (Wildman–Crippen LogP) is 4.65. The van der Waals surface area contributed by atoms with Gasteiger partial charge in [-0.2, -0.15) is 0 Å². The van der Waals surface area contributed by atoms with Crippen LogP contribution in [0.3, 0.4) is 0 Å². The third-order valence-corrected chi connectivity index (χ3v) is 3.25. The van der Waals surface area contributed by atoms with E-state index in [0.29, 0.717) is 0 Å². The molecular weight excluding hydrogens is 262 g/mol. The highest BCUT2D eigenvalue weighted by atomic mass is 16.6. The first-order valence-electron chi connectivity index (χ1n) is 7.30. The van der Waals surface area contributed by atoms with E-state index in [4.69, 9.17) is 4.74 Å². The molecule has 0 fully saturated rings. The highest BCUT2D eigenvalue weighted by Gasteiger charge is 2.09. The van der Waals surface area contributed by atoms with Crippen molar-refractivity contribution >= 4 is 11.8 Å². The standard InChI is InChI=1S/C18H21NO2/c1-15(9-8-12-16-10-4-2-5-11-16)21-18(20)19-17-13-6-3-7-14-17/h2-7,10-11,13-15H,8-9,12H2,1H3,(H,19,20). The number of ether oxygens (including phenoxy) is 1. The molecule has 0 bridgehead atoms. The number of hydrogen-bond acceptors (Lipinski definition) is 2. The molecule has 0 aromatic heterocycles. The van der Waals surface area contributed by atoms with E-state index in [2.05, 4.69) is 17.4 Å². The number of hydrogen-bond donors (Lipinski definition) is 1. The molecule has 1 atom stereocenters. The molecule has 110 valence electrons. The van der Waals surface area contributed by atoms with Gasteiger partial charge in [-0.3, -0.25) is 5.32 Å². The molecule has 3 nitrogen and oxygen atoms in total. The van der Waals surface area contributed by atoms with Crippen LogP contribution in [0, 0.1) is 0 Å². The van der Waals surface area contributed by atoms with Gasteiger partial charge in [0.2, 0.25) is 0 Å². The highest BCUT2D eigenvalue weighted by Crippen LogP contribution is 2.10. The summed E-state index contributed by atoms with van der Waals surface area (Å²) in [5, 5.41) is 2.72. The van der Waals surface area contributed by atoms with Crippen LogP contribution in [0.15, 0.2) is 60.7 Å². The van der Waals surface area contributed by atoms with Crippen LogP contribution in [0.4, 0.5) is 10.5 Å². The molecule has 0 aliphatic carbocycles. The Balaban J connectivity index is 1.67. The maximum absolute atomic E-state index is 11.7. The lowest BCUT2D eigenvalue weighted by Gasteiger charge is -2.13. The topological polar surface area (TPSA) is 38.3 Å². The second-order valence-electron chi connectivity index (χ2n) is 5.08. The molecule has 0 aliphatic heterocycles. The van der Waals surface area contributed by atoms with E-state index in [1.807, 2.05) is 55.5 Å². The molecule has 1 unspecified atom stereocenters. The van der Waals surface area contributed by atoms with Crippen molar-refractivity contribution in [2.45, 2.75) is 32.3 Å². The lowest BCUT2D eigenvalue weighted by atomic mass is 10.1. The summed E-state index contributed by atoms with van der Waals surface area (Å²) in [6.45, 7) is 1.93. The molecule has 1 N–H and O–H groups in total. The minimum Gasteiger partial charge on any atom is -0.446 e. The van der Waals surface area contributed by atoms with Crippen molar-refractivity contribution in [1.82, 2.24) is 0 Å². The Morgan fingerprint density at radius 3 is 2.33 bits per heavy atom. The first-order chi connectivity index (χ1) is 10.2. The summed E-state index contributed by atoms with van der Waals surface area (Å²) < 4.78 is 5.34. The van der Waals surface area contributed by atoms with Crippen LogP contribution >= 0.6 is 0 Å². The van der Waals surface area contributed by atoms with Crippen molar-refractivity contribution in [1.29, 1.82) is 0 Å². The van der Waals surface area contributed by atoms with E-state index in [-0.39, 0.29) is 6.10 Å². The number of nitrogens with one attached hydrogen (secondary N) is 1. The summed E-state index contributed by atoms with van der Waals surface area (Å²) in [5.74, 6) is 0. The fraction of sp³-hybridized carbons (Fsp3) is 0.278. The molecule has 0 radical (unpaired) electrons. The third-order valence-electron chi connectivity index (χ3n) is 3.25. The average molecular weight is 283 g/mol. The number of rotatable bonds is 6. The van der Waals surface area contributed by atoms with Gasteiger partial charge in [0, 0.05) is 5.69 Å². The summed E-state index contributed by atoms with van der Waals surface area (Å²) in [6, 6.07) is 19.7. The van der Waals surface area contributed by atoms with Crippen LogP contribution in [0.5, 0.6) is 0 Å². The van der Waals surface area contributed by atoms with Gasteiger partial charge in [-0.15, -0.1) is 0 Å². The van der Waals surface area contributed by atoms with Gasteiger partial charge < -0.3 is 4.74 Å². The summed E-state index contributed by atoms with van der Waals surface area (Å²) >= 11 is 0. The number of carbonyl (C=O) groups is 1. The fourth-order valence-electron chi connectivity index (χ4n) is 2.15. The Morgan fingerprint density at radius 1 is 1.05 bits per heavy atom. The summed E-state index contributed by atoms with van der Waals surface area (Å²) in [7, 11) is 0. The molecule has 3 heteroatoms. The molecule has 2 aromatic carbocycles. The van der Waals surface area contributed by atoms with Crippen molar-refractivity contribution < 1.29 is 9.53 Å². The van der Waals surface area contributed by atoms with Crippen LogP contribution in [0.2, 0.25) is 0 Å². The number of para-hydroxylation sites is 1. The Hall–Kier alpha value is -2.29. The van der Waals surface area contributed by atoms with Gasteiger partial charge in [0.25, 0.3) is 0 Å². The first-order valence-corrected chi connectivity index (χ1v) is 7.30. The number of amides is 1. The molecule has 0 spiro atoms. The molecule has 0 saturated heterocycles. The largest absolute Gasteiger partial charge is 0.446 e. The fourth-order valence-corrected chi connectivity index (χ4v) is 2.15. The second kappa shape index (κ2) is 8.10. The first kappa shape index (κ1) is 15.1. The molecule has 0 saturated carbocycles. The van der Waals surface area contributed by atoms with Crippen LogP contribution in [-0.4, -0.2) is 12.2 Å². The van der Waals surface area contributed by atoms with Crippen LogP contribution in [-0.2, 0) is 11.2 Å². The minimum absolute atomic E-state index is 0.0857. The van der Waals surface area contributed by atoms with Gasteiger partial charge >= 0.3 is 6.09 Å². The average Bonchev–Trinajstić information content (AvgIpc) is 2.49. The Bertz CT molecular complexity index is 540. The van der Waals surface area contributed by atoms with E-state index in [1.165, 1.54) is 5.56 Å². The van der Waals surface area contributed by atoms with Crippen LogP contribution in [0.1, 0.15) is 25.3 Å². The maximum Gasteiger partial charge on any atom is 0.411 e. The van der Waals surface area contributed by atoms with Gasteiger partial charge in [0.05, 0.1) is 0 Å². The van der Waals surface area contributed by atoms with E-state index in [1.54, 1.807) is 0 Å². The van der Waals surface area contributed by atoms with Crippen molar-refractivity contribution in [3.63, 3.8) is 0 Å². The number of carbonyl (C=O) groups excluding carboxylic acids is 1. The van der Waals surface area contributed by atoms with E-state index in [0.717, 1.165) is 24.9 Å². The molecular formula is C18H21NO2. The summed E-state index contributed by atoms with van der Waals surface area (Å²) in [6.07, 6.45) is 2.39. The minimum atomic E-state index is -0.395. The normalized spacial score (nSPS) is 11.7. The summed E-state index contributed by atoms with van der Waals surface area (Å²) in [4.78, 5) is 11.7. The SMILES string of the molecule is CC(CCCc1ccccc1)OC(=O)Nc1ccccc1. The molecule has 2 aromatic rings. The number of aryl methyl sites for hydroxylation is 1. The van der Waals surface area contributed by atoms with Gasteiger partial charge in [-0.25, -0.2) is 4.79 Å². The Labute approximate surface area is 126 Å². The van der Waals surface area contributed by atoms with Gasteiger partial charge in [-0.1, -0.05) is 48.5 Å². The number of benzene rings is 2. The van der Waals surface area contributed by atoms with Crippen molar-refractivity contribution in [3.05, 3.63) is 66.2 Å². The van der Waals surface area contributed by atoms with Crippen molar-refractivity contribution in [3.8, 4) is 0 Å². The molecule has 2 rings (SSSR count). The molecule has 21 heavy (non-hydrogen) atoms. The van der Waals surface area contributed by atoms with Crippen molar-refractivity contribution in [2.24, 2.45) is 0 Å². The van der Waals surface area contributed by atoms with Gasteiger partial charge in [0.15, 0.2) is 0 Å². The van der Waals surface area contributed by atoms with Crippen molar-refractivity contribution in [2.75, 3.05) is 5.32 Å². The lowest BCUT2D eigenvalue weighted by molar-refractivity contribution is 0.114. The third kappa shape index (κ3) is 5.69. The van der Waals surface area contributed by atoms with Gasteiger partial charge in [0.1, 0.15) is 6.10 Å². The zero-order chi connectivity index (χ0) is 14.9. The Kier molecular flexibility index (Phi) is 5.83. The second-order valence-corrected chi connectivity index (χ2v) is 5.08. The number of anilines is 1. The quantitative estimate of drug-likeness (QED) is 0.838. The molecule has 0 heterocycles. The van der Waals surface area contributed by atoms with Crippen LogP contribution in [0.25, 0.3) is 0 Å². The molecule has 1 amide bonds. The van der Waals surface area contributed by atoms with E-state index < -0.39 is 6.09 Å². The zero-order valence-electron chi connectivity index (χ0n) is 12.3. The van der Waals surface area contributed by atoms with E-state index in [9.17, 15) is 4.79 Å². The predicted molar refractivity (Wildman–Crippen MR) is 85.4 cm³/mol.